The van der Waals surface area contributed by atoms with E-state index in [1.54, 1.807) is 4.90 Å². The molecular weight excluding hydrogens is 262 g/mol. The van der Waals surface area contributed by atoms with E-state index in [4.69, 9.17) is 5.11 Å². The van der Waals surface area contributed by atoms with Gasteiger partial charge in [-0.25, -0.2) is 0 Å². The first-order valence-electron chi connectivity index (χ1n) is 6.54. The molecule has 0 bridgehead atoms. The molecule has 1 saturated heterocycles. The molecule has 1 aliphatic rings. The third-order valence-electron chi connectivity index (χ3n) is 3.52. The zero-order valence-electron chi connectivity index (χ0n) is 11.0. The van der Waals surface area contributed by atoms with Crippen LogP contribution >= 0.6 is 0 Å². The highest BCUT2D eigenvalue weighted by Crippen LogP contribution is 2.27. The van der Waals surface area contributed by atoms with E-state index in [9.17, 15) is 19.8 Å². The van der Waals surface area contributed by atoms with E-state index >= 15 is 0 Å². The van der Waals surface area contributed by atoms with Crippen molar-refractivity contribution in [2.45, 2.75) is 31.7 Å². The molecule has 1 unspecified atom stereocenters. The third kappa shape index (κ3) is 3.01. The molecule has 1 fully saturated rings. The van der Waals surface area contributed by atoms with Crippen LogP contribution in [0, 0.1) is 0 Å². The number of carboxylic acids is 1. The smallest absolute Gasteiger partial charge is 0.305 e. The van der Waals surface area contributed by atoms with Crippen molar-refractivity contribution in [2.75, 3.05) is 6.54 Å². The molecule has 1 aromatic carbocycles. The number of phenols is 2. The predicted octanol–water partition coefficient (Wildman–Crippen LogP) is 1.57. The number of carbonyl (C=O) groups is 2. The van der Waals surface area contributed by atoms with Gasteiger partial charge >= 0.3 is 5.97 Å². The van der Waals surface area contributed by atoms with Gasteiger partial charge in [-0.15, -0.1) is 0 Å². The zero-order chi connectivity index (χ0) is 14.7. The Balaban J connectivity index is 2.20. The highest BCUT2D eigenvalue weighted by Gasteiger charge is 2.29. The predicted molar refractivity (Wildman–Crippen MR) is 70.7 cm³/mol. The number of rotatable bonds is 3. The number of aliphatic carboxylic acids is 1. The van der Waals surface area contributed by atoms with Crippen LogP contribution in [0.1, 0.15) is 36.0 Å². The molecule has 1 amide bonds. The van der Waals surface area contributed by atoms with Crippen molar-refractivity contribution in [2.24, 2.45) is 0 Å². The lowest BCUT2D eigenvalue weighted by Crippen LogP contribution is -2.44. The van der Waals surface area contributed by atoms with Crippen molar-refractivity contribution in [3.63, 3.8) is 0 Å². The number of carbonyl (C=O) groups excluding carboxylic acids is 1. The Kier molecular flexibility index (Phi) is 4.12. The topological polar surface area (TPSA) is 98.1 Å². The quantitative estimate of drug-likeness (QED) is 0.729. The van der Waals surface area contributed by atoms with Crippen molar-refractivity contribution in [3.8, 4) is 11.5 Å². The molecule has 1 heterocycles. The number of phenolic OH excluding ortho intramolecular Hbond substituents is 2. The fourth-order valence-electron chi connectivity index (χ4n) is 2.50. The van der Waals surface area contributed by atoms with Crippen LogP contribution < -0.4 is 0 Å². The second kappa shape index (κ2) is 5.81. The average molecular weight is 279 g/mol. The molecule has 0 saturated carbocycles. The molecule has 0 radical (unpaired) electrons. The van der Waals surface area contributed by atoms with Crippen LogP contribution in [0.15, 0.2) is 18.2 Å². The van der Waals surface area contributed by atoms with Crippen molar-refractivity contribution < 1.29 is 24.9 Å². The maximum absolute atomic E-state index is 12.4. The summed E-state index contributed by atoms with van der Waals surface area (Å²) in [7, 11) is 0. The van der Waals surface area contributed by atoms with Crippen molar-refractivity contribution in [1.82, 2.24) is 4.90 Å². The summed E-state index contributed by atoms with van der Waals surface area (Å²) in [5, 5.41) is 27.6. The minimum Gasteiger partial charge on any atom is -0.504 e. The summed E-state index contributed by atoms with van der Waals surface area (Å²) < 4.78 is 0. The van der Waals surface area contributed by atoms with Crippen LogP contribution in [0.2, 0.25) is 0 Å². The number of hydrogen-bond donors (Lipinski definition) is 3. The molecule has 1 atom stereocenters. The van der Waals surface area contributed by atoms with Gasteiger partial charge in [0.1, 0.15) is 0 Å². The molecule has 20 heavy (non-hydrogen) atoms. The van der Waals surface area contributed by atoms with Gasteiger partial charge in [0.2, 0.25) is 0 Å². The summed E-state index contributed by atoms with van der Waals surface area (Å²) in [5.74, 6) is -1.89. The van der Waals surface area contributed by atoms with E-state index in [1.807, 2.05) is 0 Å². The molecule has 1 aromatic rings. The first-order valence-corrected chi connectivity index (χ1v) is 6.54. The summed E-state index contributed by atoms with van der Waals surface area (Å²) in [6.07, 6.45) is 2.34. The molecule has 108 valence electrons. The van der Waals surface area contributed by atoms with E-state index < -0.39 is 5.97 Å². The minimum atomic E-state index is -0.928. The number of aromatic hydroxyl groups is 2. The van der Waals surface area contributed by atoms with Gasteiger partial charge in [-0.05, 0) is 37.5 Å². The number of likely N-dealkylation sites (tertiary alicyclic amines) is 1. The molecule has 1 aliphatic heterocycles. The number of benzene rings is 1. The van der Waals surface area contributed by atoms with Gasteiger partial charge in [-0.1, -0.05) is 0 Å². The number of piperidine rings is 1. The SMILES string of the molecule is O=C(O)CC1CCCCN1C(=O)c1ccc(O)c(O)c1. The Hall–Kier alpha value is -2.24. The molecule has 0 aromatic heterocycles. The molecule has 6 heteroatoms. The fraction of sp³-hybridized carbons (Fsp3) is 0.429. The number of carboxylic acid groups (broad SMARTS) is 1. The number of nitrogens with zero attached hydrogens (tertiary/aromatic N) is 1. The summed E-state index contributed by atoms with van der Waals surface area (Å²) in [4.78, 5) is 24.8. The Morgan fingerprint density at radius 2 is 1.95 bits per heavy atom. The Morgan fingerprint density at radius 1 is 1.20 bits per heavy atom. The highest BCUT2D eigenvalue weighted by atomic mass is 16.4. The second-order valence-electron chi connectivity index (χ2n) is 4.95. The summed E-state index contributed by atoms with van der Waals surface area (Å²) in [6, 6.07) is 3.55. The Bertz CT molecular complexity index is 528. The first-order chi connectivity index (χ1) is 9.49. The van der Waals surface area contributed by atoms with Crippen LogP contribution in [0.4, 0.5) is 0 Å². The molecule has 2 rings (SSSR count). The average Bonchev–Trinajstić information content (AvgIpc) is 2.41. The van der Waals surface area contributed by atoms with E-state index in [0.29, 0.717) is 13.0 Å². The van der Waals surface area contributed by atoms with Crippen molar-refractivity contribution in [1.29, 1.82) is 0 Å². The maximum atomic E-state index is 12.4. The van der Waals surface area contributed by atoms with Gasteiger partial charge in [-0.2, -0.15) is 0 Å². The Labute approximate surface area is 116 Å². The number of hydrogen-bond acceptors (Lipinski definition) is 4. The van der Waals surface area contributed by atoms with Crippen molar-refractivity contribution >= 4 is 11.9 Å². The third-order valence-corrected chi connectivity index (χ3v) is 3.52. The van der Waals surface area contributed by atoms with E-state index in [2.05, 4.69) is 0 Å². The standard InChI is InChI=1S/C14H17NO5/c16-11-5-4-9(7-12(11)17)14(20)15-6-2-1-3-10(15)8-13(18)19/h4-5,7,10,16-17H,1-3,6,8H2,(H,18,19). The summed E-state index contributed by atoms with van der Waals surface area (Å²) >= 11 is 0. The fourth-order valence-corrected chi connectivity index (χ4v) is 2.50. The van der Waals surface area contributed by atoms with Gasteiger partial charge < -0.3 is 20.2 Å². The van der Waals surface area contributed by atoms with Gasteiger partial charge in [0.15, 0.2) is 11.5 Å². The summed E-state index contributed by atoms with van der Waals surface area (Å²) in [6.45, 7) is 0.512. The van der Waals surface area contributed by atoms with Crippen LogP contribution in [-0.2, 0) is 4.79 Å². The Morgan fingerprint density at radius 3 is 2.60 bits per heavy atom. The zero-order valence-corrected chi connectivity index (χ0v) is 11.0. The lowest BCUT2D eigenvalue weighted by molar-refractivity contribution is -0.138. The second-order valence-corrected chi connectivity index (χ2v) is 4.95. The molecular formula is C14H17NO5. The first kappa shape index (κ1) is 14.2. The van der Waals surface area contributed by atoms with E-state index in [1.165, 1.54) is 18.2 Å². The molecule has 0 aliphatic carbocycles. The largest absolute Gasteiger partial charge is 0.504 e. The number of amides is 1. The molecule has 0 spiro atoms. The van der Waals surface area contributed by atoms with E-state index in [0.717, 1.165) is 12.8 Å². The maximum Gasteiger partial charge on any atom is 0.305 e. The van der Waals surface area contributed by atoms with E-state index in [-0.39, 0.29) is 35.4 Å². The van der Waals surface area contributed by atoms with Gasteiger partial charge in [-0.3, -0.25) is 9.59 Å². The van der Waals surface area contributed by atoms with Crippen molar-refractivity contribution in [3.05, 3.63) is 23.8 Å². The van der Waals surface area contributed by atoms with Crippen LogP contribution in [0.5, 0.6) is 11.5 Å². The van der Waals surface area contributed by atoms with Crippen LogP contribution in [0.25, 0.3) is 0 Å². The molecule has 6 nitrogen and oxygen atoms in total. The van der Waals surface area contributed by atoms with Crippen LogP contribution in [-0.4, -0.2) is 44.7 Å². The molecule has 3 N–H and O–H groups in total. The monoisotopic (exact) mass is 279 g/mol. The minimum absolute atomic E-state index is 0.0736. The van der Waals surface area contributed by atoms with Gasteiger partial charge in [0, 0.05) is 18.2 Å². The highest BCUT2D eigenvalue weighted by molar-refractivity contribution is 5.95. The lowest BCUT2D eigenvalue weighted by atomic mass is 9.98. The normalized spacial score (nSPS) is 18.8. The summed E-state index contributed by atoms with van der Waals surface area (Å²) in [5.41, 5.74) is 0.248. The van der Waals surface area contributed by atoms with Gasteiger partial charge in [0.25, 0.3) is 5.91 Å². The lowest BCUT2D eigenvalue weighted by Gasteiger charge is -2.35. The van der Waals surface area contributed by atoms with Gasteiger partial charge in [0.05, 0.1) is 6.42 Å². The van der Waals surface area contributed by atoms with Crippen LogP contribution in [0.3, 0.4) is 0 Å².